The normalized spacial score (nSPS) is 20.6. The minimum Gasteiger partial charge on any atom is -0.493 e. The van der Waals surface area contributed by atoms with Gasteiger partial charge in [-0.3, -0.25) is 9.59 Å². The molecule has 13 heteroatoms. The molecular formula is C32H43N4O8P. The average molecular weight is 643 g/mol. The van der Waals surface area contributed by atoms with Crippen molar-refractivity contribution in [2.75, 3.05) is 89.3 Å². The molecule has 0 spiro atoms. The Bertz CT molecular complexity index is 1380. The van der Waals surface area contributed by atoms with Gasteiger partial charge in [0.05, 0.1) is 57.1 Å². The lowest BCUT2D eigenvalue weighted by atomic mass is 10.1. The summed E-state index contributed by atoms with van der Waals surface area (Å²) in [5, 5.41) is 16.5. The Morgan fingerprint density at radius 2 is 1.22 bits per heavy atom. The molecule has 244 valence electrons. The van der Waals surface area contributed by atoms with Gasteiger partial charge in [0.2, 0.25) is 0 Å². The fourth-order valence-corrected chi connectivity index (χ4v) is 8.75. The number of hydrogen-bond donors (Lipinski definition) is 3. The standard InChI is InChI=1S/C32H43N4O8P/c1-41-27-15-23-25(33-19-21-5-3-7-35(21)31(23)38)17-29(27)43-10-13-45(40,12-9-37)14-11-44-30-18-26-24(16-28(30)42-2)32(39)36-8-4-6-22(36)20-34-26/h15-18,21-22,33-34,37H,3-14,19-20H2,1-2H3/t21-,22-/m0/s1. The number of hydrogen-bond acceptors (Lipinski definition) is 10. The Balaban J connectivity index is 1.09. The third-order valence-electron chi connectivity index (χ3n) is 9.42. The van der Waals surface area contributed by atoms with Crippen molar-refractivity contribution in [2.24, 2.45) is 0 Å². The molecule has 0 unspecified atom stereocenters. The molecule has 45 heavy (non-hydrogen) atoms. The largest absolute Gasteiger partial charge is 0.493 e. The van der Waals surface area contributed by atoms with Gasteiger partial charge in [0.15, 0.2) is 23.0 Å². The summed E-state index contributed by atoms with van der Waals surface area (Å²) in [6.07, 6.45) is 4.56. The Labute approximate surface area is 263 Å². The average Bonchev–Trinajstić information content (AvgIpc) is 3.67. The zero-order chi connectivity index (χ0) is 31.6. The van der Waals surface area contributed by atoms with E-state index in [1.807, 2.05) is 9.80 Å². The number of aliphatic hydroxyl groups excluding tert-OH is 1. The first-order valence-corrected chi connectivity index (χ1v) is 18.1. The minimum atomic E-state index is -2.88. The van der Waals surface area contributed by atoms with Crippen LogP contribution in [0, 0.1) is 0 Å². The summed E-state index contributed by atoms with van der Waals surface area (Å²) in [4.78, 5) is 30.2. The van der Waals surface area contributed by atoms with Crippen LogP contribution in [0.4, 0.5) is 11.4 Å². The summed E-state index contributed by atoms with van der Waals surface area (Å²) in [5.41, 5.74) is 2.51. The lowest BCUT2D eigenvalue weighted by molar-refractivity contribution is 0.0742. The highest BCUT2D eigenvalue weighted by atomic mass is 31.2. The summed E-state index contributed by atoms with van der Waals surface area (Å²) in [7, 11) is 0.178. The fraction of sp³-hybridized carbons (Fsp3) is 0.562. The highest BCUT2D eigenvalue weighted by Crippen LogP contribution is 2.46. The quantitative estimate of drug-likeness (QED) is 0.295. The van der Waals surface area contributed by atoms with Crippen molar-refractivity contribution >= 4 is 30.3 Å². The number of carbonyl (C=O) groups is 2. The van der Waals surface area contributed by atoms with Crippen molar-refractivity contribution in [3.8, 4) is 23.0 Å². The Hall–Kier alpha value is -3.63. The lowest BCUT2D eigenvalue weighted by Crippen LogP contribution is -2.36. The van der Waals surface area contributed by atoms with Gasteiger partial charge in [-0.1, -0.05) is 0 Å². The van der Waals surface area contributed by atoms with E-state index in [0.717, 1.165) is 38.8 Å². The number of rotatable bonds is 12. The van der Waals surface area contributed by atoms with Gasteiger partial charge in [-0.15, -0.1) is 0 Å². The monoisotopic (exact) mass is 642 g/mol. The van der Waals surface area contributed by atoms with Crippen LogP contribution in [-0.2, 0) is 4.57 Å². The van der Waals surface area contributed by atoms with E-state index in [0.29, 0.717) is 58.6 Å². The fourth-order valence-electron chi connectivity index (χ4n) is 6.87. The van der Waals surface area contributed by atoms with Gasteiger partial charge in [-0.25, -0.2) is 0 Å². The maximum atomic E-state index is 13.9. The molecule has 2 aromatic carbocycles. The molecule has 0 bridgehead atoms. The third kappa shape index (κ3) is 6.40. The predicted molar refractivity (Wildman–Crippen MR) is 171 cm³/mol. The molecule has 0 aliphatic carbocycles. The molecule has 2 amide bonds. The van der Waals surface area contributed by atoms with Gasteiger partial charge >= 0.3 is 0 Å². The summed E-state index contributed by atoms with van der Waals surface area (Å²) >= 11 is 0. The van der Waals surface area contributed by atoms with E-state index in [9.17, 15) is 19.3 Å². The van der Waals surface area contributed by atoms with E-state index in [-0.39, 0.29) is 62.2 Å². The van der Waals surface area contributed by atoms with Crippen molar-refractivity contribution in [2.45, 2.75) is 37.8 Å². The molecule has 4 aliphatic heterocycles. The van der Waals surface area contributed by atoms with Crippen LogP contribution >= 0.6 is 7.14 Å². The van der Waals surface area contributed by atoms with E-state index in [2.05, 4.69) is 10.6 Å². The number of aliphatic hydroxyl groups is 1. The van der Waals surface area contributed by atoms with E-state index < -0.39 is 7.14 Å². The predicted octanol–water partition coefficient (Wildman–Crippen LogP) is 3.58. The number of benzene rings is 2. The topological polar surface area (TPSA) is 139 Å². The summed E-state index contributed by atoms with van der Waals surface area (Å²) in [5.74, 6) is 1.77. The maximum absolute atomic E-state index is 13.9. The zero-order valence-corrected chi connectivity index (χ0v) is 26.9. The van der Waals surface area contributed by atoms with Crippen LogP contribution in [0.2, 0.25) is 0 Å². The van der Waals surface area contributed by atoms with Crippen molar-refractivity contribution in [3.05, 3.63) is 35.4 Å². The highest BCUT2D eigenvalue weighted by Gasteiger charge is 2.35. The van der Waals surface area contributed by atoms with Gasteiger partial charge in [-0.2, -0.15) is 0 Å². The smallest absolute Gasteiger partial charge is 0.256 e. The second-order valence-corrected chi connectivity index (χ2v) is 15.6. The van der Waals surface area contributed by atoms with Crippen molar-refractivity contribution in [1.29, 1.82) is 0 Å². The summed E-state index contributed by atoms with van der Waals surface area (Å²) in [6, 6.07) is 7.33. The number of ether oxygens (including phenoxy) is 4. The van der Waals surface area contributed by atoms with Crippen molar-refractivity contribution in [3.63, 3.8) is 0 Å². The first-order valence-electron chi connectivity index (χ1n) is 15.8. The lowest BCUT2D eigenvalue weighted by Gasteiger charge is -2.22. The molecule has 2 fully saturated rings. The third-order valence-corrected chi connectivity index (χ3v) is 12.4. The highest BCUT2D eigenvalue weighted by molar-refractivity contribution is 7.64. The van der Waals surface area contributed by atoms with Crippen LogP contribution in [0.15, 0.2) is 24.3 Å². The molecule has 2 aromatic rings. The van der Waals surface area contributed by atoms with Gasteiger partial charge in [0.1, 0.15) is 0 Å². The number of amides is 2. The molecule has 0 radical (unpaired) electrons. The first kappa shape index (κ1) is 31.4. The second-order valence-electron chi connectivity index (χ2n) is 12.1. The van der Waals surface area contributed by atoms with Crippen molar-refractivity contribution < 1.29 is 38.2 Å². The van der Waals surface area contributed by atoms with Crippen LogP contribution in [0.25, 0.3) is 0 Å². The molecule has 4 heterocycles. The van der Waals surface area contributed by atoms with Crippen LogP contribution in [-0.4, -0.2) is 118 Å². The molecule has 0 saturated carbocycles. The van der Waals surface area contributed by atoms with Gasteiger partial charge in [0, 0.05) is 75.5 Å². The molecule has 0 aromatic heterocycles. The zero-order valence-electron chi connectivity index (χ0n) is 26.0. The molecule has 2 atom stereocenters. The van der Waals surface area contributed by atoms with Crippen LogP contribution in [0.5, 0.6) is 23.0 Å². The number of nitrogens with zero attached hydrogens (tertiary/aromatic N) is 2. The Morgan fingerprint density at radius 1 is 0.756 bits per heavy atom. The number of nitrogens with one attached hydrogen (secondary N) is 2. The molecule has 6 rings (SSSR count). The number of carbonyl (C=O) groups excluding carboxylic acids is 2. The molecule has 4 aliphatic rings. The van der Waals surface area contributed by atoms with Crippen LogP contribution in [0.1, 0.15) is 46.4 Å². The number of fused-ring (bicyclic) bond motifs is 4. The number of anilines is 2. The second kappa shape index (κ2) is 13.4. The van der Waals surface area contributed by atoms with E-state index in [1.165, 1.54) is 14.2 Å². The summed E-state index contributed by atoms with van der Waals surface area (Å²) in [6.45, 7) is 2.93. The van der Waals surface area contributed by atoms with E-state index >= 15 is 0 Å². The van der Waals surface area contributed by atoms with Gasteiger partial charge in [0.25, 0.3) is 11.8 Å². The molecule has 3 N–H and O–H groups in total. The Kier molecular flexibility index (Phi) is 9.33. The Morgan fingerprint density at radius 3 is 1.64 bits per heavy atom. The minimum absolute atomic E-state index is 0.0105. The van der Waals surface area contributed by atoms with E-state index in [4.69, 9.17) is 18.9 Å². The maximum Gasteiger partial charge on any atom is 0.256 e. The summed E-state index contributed by atoms with van der Waals surface area (Å²) < 4.78 is 37.1. The van der Waals surface area contributed by atoms with E-state index in [1.54, 1.807) is 24.3 Å². The van der Waals surface area contributed by atoms with Crippen LogP contribution < -0.4 is 29.6 Å². The van der Waals surface area contributed by atoms with Crippen molar-refractivity contribution in [1.82, 2.24) is 9.80 Å². The molecular weight excluding hydrogens is 599 g/mol. The molecule has 12 nitrogen and oxygen atoms in total. The SMILES string of the molecule is COc1cc2c(cc1OCCP(=O)(CCO)CCOc1cc3c(cc1OC)C(=O)N1CCC[C@H]1CN3)NC[C@@H]1CCCN1C2=O. The van der Waals surface area contributed by atoms with Gasteiger partial charge < -0.3 is 49.1 Å². The molecule has 2 saturated heterocycles. The van der Waals surface area contributed by atoms with Gasteiger partial charge in [-0.05, 0) is 37.8 Å². The first-order chi connectivity index (χ1) is 21.8. The van der Waals surface area contributed by atoms with Crippen LogP contribution in [0.3, 0.4) is 0 Å². The number of methoxy groups -OCH3 is 2.